The van der Waals surface area contributed by atoms with Crippen molar-refractivity contribution in [2.45, 2.75) is 54.8 Å². The van der Waals surface area contributed by atoms with E-state index in [1.54, 1.807) is 0 Å². The Morgan fingerprint density at radius 3 is 2.32 bits per heavy atom. The second kappa shape index (κ2) is 10.7. The van der Waals surface area contributed by atoms with Crippen molar-refractivity contribution < 1.29 is 69.3 Å². The summed E-state index contributed by atoms with van der Waals surface area (Å²) in [6.45, 7) is -2.38. The molecular weight excluding hydrogens is 464 g/mol. The van der Waals surface area contributed by atoms with Crippen molar-refractivity contribution in [2.75, 3.05) is 26.9 Å². The lowest BCUT2D eigenvalue weighted by Crippen LogP contribution is -2.62. The first-order valence-electron chi connectivity index (χ1n) is 10.3. The number of esters is 1. The Bertz CT molecular complexity index is 851. The van der Waals surface area contributed by atoms with E-state index < -0.39 is 80.6 Å². The van der Waals surface area contributed by atoms with Crippen LogP contribution in [0.2, 0.25) is 0 Å². The van der Waals surface area contributed by atoms with E-state index in [0.29, 0.717) is 0 Å². The van der Waals surface area contributed by atoms with Crippen LogP contribution in [0.4, 0.5) is 0 Å². The molecule has 0 radical (unpaired) electrons. The maximum atomic E-state index is 12.3. The van der Waals surface area contributed by atoms with Crippen LogP contribution in [-0.4, -0.2) is 129 Å². The standard InChI is InChI=1S/C20H28O14/c1-30-10-4-8(2-3-9(10)23)18(29)31-6-12-13(24)15(26)16(27)19(32-12)34-20(7-22)17(28)14(25)11(5-21)33-20/h2-4,11-17,19,21-28H,5-7H2,1H3. The van der Waals surface area contributed by atoms with Crippen LogP contribution in [0.5, 0.6) is 11.5 Å². The van der Waals surface area contributed by atoms with E-state index in [9.17, 15) is 45.6 Å². The van der Waals surface area contributed by atoms with Crippen molar-refractivity contribution in [3.05, 3.63) is 23.8 Å². The van der Waals surface area contributed by atoms with Crippen LogP contribution in [0.3, 0.4) is 0 Å². The lowest BCUT2D eigenvalue weighted by Gasteiger charge is -2.43. The van der Waals surface area contributed by atoms with Gasteiger partial charge in [-0.25, -0.2) is 4.79 Å². The third-order valence-corrected chi connectivity index (χ3v) is 5.68. The number of aromatic hydroxyl groups is 1. The van der Waals surface area contributed by atoms with Crippen LogP contribution in [0.25, 0.3) is 0 Å². The molecule has 192 valence electrons. The number of aliphatic hydroxyl groups is 7. The fourth-order valence-corrected chi connectivity index (χ4v) is 3.66. The maximum Gasteiger partial charge on any atom is 0.338 e. The molecule has 9 unspecified atom stereocenters. The number of hydrogen-bond donors (Lipinski definition) is 8. The molecule has 0 spiro atoms. The lowest BCUT2D eigenvalue weighted by atomic mass is 9.99. The molecule has 0 bridgehead atoms. The van der Waals surface area contributed by atoms with Gasteiger partial charge in [0.25, 0.3) is 0 Å². The molecule has 2 heterocycles. The predicted octanol–water partition coefficient (Wildman–Crippen LogP) is -3.82. The summed E-state index contributed by atoms with van der Waals surface area (Å²) in [5.41, 5.74) is -0.000855. The smallest absolute Gasteiger partial charge is 0.338 e. The molecule has 2 fully saturated rings. The van der Waals surface area contributed by atoms with Gasteiger partial charge in [0.2, 0.25) is 5.79 Å². The molecular formula is C20H28O14. The Morgan fingerprint density at radius 2 is 1.74 bits per heavy atom. The van der Waals surface area contributed by atoms with E-state index in [1.807, 2.05) is 0 Å². The van der Waals surface area contributed by atoms with E-state index in [-0.39, 0.29) is 17.1 Å². The van der Waals surface area contributed by atoms with Crippen LogP contribution in [-0.2, 0) is 18.9 Å². The van der Waals surface area contributed by atoms with Crippen molar-refractivity contribution in [3.63, 3.8) is 0 Å². The number of phenolic OH excluding ortho intramolecular Hbond substituents is 1. The second-order valence-electron chi connectivity index (χ2n) is 7.86. The largest absolute Gasteiger partial charge is 0.504 e. The van der Waals surface area contributed by atoms with Crippen molar-refractivity contribution >= 4 is 5.97 Å². The highest BCUT2D eigenvalue weighted by Crippen LogP contribution is 2.36. The number of ether oxygens (including phenoxy) is 5. The Labute approximate surface area is 193 Å². The molecule has 0 aliphatic carbocycles. The molecule has 0 amide bonds. The van der Waals surface area contributed by atoms with Gasteiger partial charge in [-0.3, -0.25) is 0 Å². The maximum absolute atomic E-state index is 12.3. The highest BCUT2D eigenvalue weighted by atomic mass is 16.8. The second-order valence-corrected chi connectivity index (χ2v) is 7.86. The summed E-state index contributed by atoms with van der Waals surface area (Å²) in [6, 6.07) is 3.68. The minimum atomic E-state index is -2.33. The van der Waals surface area contributed by atoms with Crippen LogP contribution in [0.15, 0.2) is 18.2 Å². The number of hydrogen-bond acceptors (Lipinski definition) is 14. The third kappa shape index (κ3) is 4.96. The Kier molecular flexibility index (Phi) is 8.30. The SMILES string of the molecule is COc1cc(C(=O)OCC2OC(OC3(CO)OC(CO)C(O)C3O)C(O)C(O)C2O)ccc1O. The molecule has 14 heteroatoms. The zero-order chi connectivity index (χ0) is 25.2. The van der Waals surface area contributed by atoms with Gasteiger partial charge in [-0.15, -0.1) is 0 Å². The van der Waals surface area contributed by atoms with Crippen molar-refractivity contribution in [1.82, 2.24) is 0 Å². The Hall–Kier alpha value is -2.11. The van der Waals surface area contributed by atoms with Crippen molar-refractivity contribution in [1.29, 1.82) is 0 Å². The first-order chi connectivity index (χ1) is 16.1. The highest BCUT2D eigenvalue weighted by molar-refractivity contribution is 5.90. The van der Waals surface area contributed by atoms with E-state index in [1.165, 1.54) is 25.3 Å². The van der Waals surface area contributed by atoms with Crippen LogP contribution in [0.1, 0.15) is 10.4 Å². The lowest BCUT2D eigenvalue weighted by molar-refractivity contribution is -0.383. The van der Waals surface area contributed by atoms with Gasteiger partial charge in [0, 0.05) is 0 Å². The molecule has 0 saturated carbocycles. The van der Waals surface area contributed by atoms with E-state index >= 15 is 0 Å². The molecule has 34 heavy (non-hydrogen) atoms. The predicted molar refractivity (Wildman–Crippen MR) is 106 cm³/mol. The zero-order valence-electron chi connectivity index (χ0n) is 18.0. The normalized spacial score (nSPS) is 38.0. The highest BCUT2D eigenvalue weighted by Gasteiger charge is 2.58. The summed E-state index contributed by atoms with van der Waals surface area (Å²) >= 11 is 0. The summed E-state index contributed by atoms with van der Waals surface area (Å²) in [5.74, 6) is -3.40. The van der Waals surface area contributed by atoms with Gasteiger partial charge in [0.1, 0.15) is 55.9 Å². The fraction of sp³-hybridized carbons (Fsp3) is 0.650. The first kappa shape index (κ1) is 26.5. The first-order valence-corrected chi connectivity index (χ1v) is 10.3. The van der Waals surface area contributed by atoms with Gasteiger partial charge < -0.3 is 64.5 Å². The molecule has 1 aromatic carbocycles. The molecule has 1 aromatic rings. The number of rotatable bonds is 8. The average molecular weight is 492 g/mol. The van der Waals surface area contributed by atoms with Gasteiger partial charge in [-0.1, -0.05) is 0 Å². The van der Waals surface area contributed by atoms with Gasteiger partial charge in [-0.2, -0.15) is 0 Å². The molecule has 0 aromatic heterocycles. The van der Waals surface area contributed by atoms with Gasteiger partial charge in [-0.05, 0) is 18.2 Å². The molecule has 14 nitrogen and oxygen atoms in total. The van der Waals surface area contributed by atoms with E-state index in [2.05, 4.69) is 0 Å². The number of carbonyl (C=O) groups is 1. The number of methoxy groups -OCH3 is 1. The number of benzene rings is 1. The number of carbonyl (C=O) groups excluding carboxylic acids is 1. The van der Waals surface area contributed by atoms with Crippen LogP contribution in [0, 0.1) is 0 Å². The quantitative estimate of drug-likeness (QED) is 0.163. The fourth-order valence-electron chi connectivity index (χ4n) is 3.66. The topological polar surface area (TPSA) is 225 Å². The summed E-state index contributed by atoms with van der Waals surface area (Å²) < 4.78 is 26.0. The van der Waals surface area contributed by atoms with E-state index in [0.717, 1.165) is 0 Å². The molecule has 3 rings (SSSR count). The molecule has 2 saturated heterocycles. The number of aliphatic hydroxyl groups excluding tert-OH is 7. The van der Waals surface area contributed by atoms with Gasteiger partial charge in [0.05, 0.1) is 19.3 Å². The number of phenols is 1. The molecule has 2 aliphatic rings. The third-order valence-electron chi connectivity index (χ3n) is 5.68. The minimum absolute atomic E-state index is 0.000855. The van der Waals surface area contributed by atoms with Gasteiger partial charge >= 0.3 is 5.97 Å². The van der Waals surface area contributed by atoms with Crippen molar-refractivity contribution in [3.8, 4) is 11.5 Å². The van der Waals surface area contributed by atoms with Gasteiger partial charge in [0.15, 0.2) is 17.8 Å². The summed E-state index contributed by atoms with van der Waals surface area (Å²) in [5, 5.41) is 79.6. The minimum Gasteiger partial charge on any atom is -0.504 e. The summed E-state index contributed by atoms with van der Waals surface area (Å²) in [4.78, 5) is 12.3. The van der Waals surface area contributed by atoms with Crippen LogP contribution >= 0.6 is 0 Å². The van der Waals surface area contributed by atoms with Crippen molar-refractivity contribution in [2.24, 2.45) is 0 Å². The summed E-state index contributed by atoms with van der Waals surface area (Å²) in [7, 11) is 1.29. The van der Waals surface area contributed by atoms with E-state index in [4.69, 9.17) is 23.7 Å². The van der Waals surface area contributed by atoms with Crippen LogP contribution < -0.4 is 4.74 Å². The Morgan fingerprint density at radius 1 is 1.03 bits per heavy atom. The molecule has 8 N–H and O–H groups in total. The Balaban J connectivity index is 1.70. The monoisotopic (exact) mass is 492 g/mol. The summed E-state index contributed by atoms with van der Waals surface area (Å²) in [6.07, 6.45) is -13.6. The molecule has 9 atom stereocenters. The zero-order valence-corrected chi connectivity index (χ0v) is 18.0. The average Bonchev–Trinajstić information content (AvgIpc) is 3.08. The molecule has 2 aliphatic heterocycles.